The second kappa shape index (κ2) is 7.20. The van der Waals surface area contributed by atoms with Gasteiger partial charge in [0.15, 0.2) is 9.84 Å². The Morgan fingerprint density at radius 2 is 1.70 bits per heavy atom. The van der Waals surface area contributed by atoms with Crippen LogP contribution in [0.4, 0.5) is 0 Å². The van der Waals surface area contributed by atoms with Crippen molar-refractivity contribution in [2.45, 2.75) is 37.3 Å². The van der Waals surface area contributed by atoms with Gasteiger partial charge in [0.1, 0.15) is 0 Å². The van der Waals surface area contributed by atoms with Gasteiger partial charge in [-0.1, -0.05) is 19.1 Å². The van der Waals surface area contributed by atoms with Gasteiger partial charge in [-0.25, -0.2) is 8.42 Å². The zero-order chi connectivity index (χ0) is 15.3. The lowest BCUT2D eigenvalue weighted by atomic mass is 9.88. The van der Waals surface area contributed by atoms with Crippen LogP contribution in [-0.4, -0.2) is 26.8 Å². The predicted octanol–water partition coefficient (Wildman–Crippen LogP) is 1.58. The second-order valence-electron chi connectivity index (χ2n) is 5.65. The molecule has 0 fully saturated rings. The van der Waals surface area contributed by atoms with Crippen LogP contribution in [0.3, 0.4) is 0 Å². The van der Waals surface area contributed by atoms with Crippen molar-refractivity contribution in [3.63, 3.8) is 0 Å². The molecule has 0 aliphatic carbocycles. The summed E-state index contributed by atoms with van der Waals surface area (Å²) in [4.78, 5) is 0.397. The normalized spacial score (nSPS) is 13.9. The molecule has 1 atom stereocenters. The molecule has 1 aromatic rings. The molecule has 20 heavy (non-hydrogen) atoms. The molecule has 0 spiro atoms. The van der Waals surface area contributed by atoms with E-state index in [1.54, 1.807) is 32.0 Å². The van der Waals surface area contributed by atoms with E-state index in [9.17, 15) is 8.42 Å². The van der Waals surface area contributed by atoms with E-state index >= 15 is 0 Å². The first-order valence-electron chi connectivity index (χ1n) is 7.05. The molecule has 1 aromatic carbocycles. The van der Waals surface area contributed by atoms with Crippen LogP contribution in [0.2, 0.25) is 0 Å². The molecule has 5 heteroatoms. The topological polar surface area (TPSA) is 86.2 Å². The highest BCUT2D eigenvalue weighted by Gasteiger charge is 2.20. The summed E-state index contributed by atoms with van der Waals surface area (Å²) in [5.41, 5.74) is 12.4. The zero-order valence-electron chi connectivity index (χ0n) is 12.5. The van der Waals surface area contributed by atoms with Crippen molar-refractivity contribution in [1.82, 2.24) is 0 Å². The van der Waals surface area contributed by atoms with Crippen LogP contribution >= 0.6 is 0 Å². The third-order valence-electron chi connectivity index (χ3n) is 3.82. The lowest BCUT2D eigenvalue weighted by molar-refractivity contribution is 0.372. The summed E-state index contributed by atoms with van der Waals surface area (Å²) < 4.78 is 24.4. The molecular weight excluding hydrogens is 272 g/mol. The molecular formula is C15H26N2O2S. The minimum atomic E-state index is -3.22. The SMILES string of the molecule is CC(Cc1cccc(S(=O)(=O)C(C)C)c1)C(CN)CN. The number of hydrogen-bond donors (Lipinski definition) is 2. The molecule has 114 valence electrons. The second-order valence-corrected chi connectivity index (χ2v) is 8.16. The molecule has 0 radical (unpaired) electrons. The number of nitrogens with two attached hydrogens (primary N) is 2. The average molecular weight is 298 g/mol. The Hall–Kier alpha value is -0.910. The molecule has 0 saturated heterocycles. The summed E-state index contributed by atoms with van der Waals surface area (Å²) in [7, 11) is -3.22. The molecule has 0 heterocycles. The smallest absolute Gasteiger partial charge is 0.180 e. The monoisotopic (exact) mass is 298 g/mol. The van der Waals surface area contributed by atoms with E-state index in [1.165, 1.54) is 0 Å². The van der Waals surface area contributed by atoms with Crippen LogP contribution < -0.4 is 11.5 Å². The van der Waals surface area contributed by atoms with E-state index in [-0.39, 0.29) is 5.92 Å². The summed E-state index contributed by atoms with van der Waals surface area (Å²) in [6.45, 7) is 6.62. The lowest BCUT2D eigenvalue weighted by Crippen LogP contribution is -2.30. The maximum Gasteiger partial charge on any atom is 0.180 e. The van der Waals surface area contributed by atoms with E-state index in [1.807, 2.05) is 6.07 Å². The molecule has 0 aliphatic rings. The quantitative estimate of drug-likeness (QED) is 0.800. The zero-order valence-corrected chi connectivity index (χ0v) is 13.4. The maximum atomic E-state index is 12.2. The van der Waals surface area contributed by atoms with Crippen molar-refractivity contribution in [1.29, 1.82) is 0 Å². The number of sulfone groups is 1. The van der Waals surface area contributed by atoms with Gasteiger partial charge < -0.3 is 11.5 Å². The van der Waals surface area contributed by atoms with Crippen molar-refractivity contribution in [3.8, 4) is 0 Å². The highest BCUT2D eigenvalue weighted by molar-refractivity contribution is 7.92. The van der Waals surface area contributed by atoms with Gasteiger partial charge in [0.25, 0.3) is 0 Å². The van der Waals surface area contributed by atoms with Crippen LogP contribution in [-0.2, 0) is 16.3 Å². The van der Waals surface area contributed by atoms with Gasteiger partial charge in [-0.15, -0.1) is 0 Å². The van der Waals surface area contributed by atoms with Gasteiger partial charge in [0.05, 0.1) is 10.1 Å². The van der Waals surface area contributed by atoms with E-state index in [4.69, 9.17) is 11.5 Å². The summed E-state index contributed by atoms with van der Waals surface area (Å²) in [6.07, 6.45) is 0.792. The highest BCUT2D eigenvalue weighted by atomic mass is 32.2. The average Bonchev–Trinajstić information content (AvgIpc) is 2.40. The van der Waals surface area contributed by atoms with Gasteiger partial charge in [0, 0.05) is 0 Å². The van der Waals surface area contributed by atoms with Crippen LogP contribution in [0.1, 0.15) is 26.3 Å². The van der Waals surface area contributed by atoms with Gasteiger partial charge in [-0.05, 0) is 62.9 Å². The molecule has 0 amide bonds. The van der Waals surface area contributed by atoms with Gasteiger partial charge in [-0.3, -0.25) is 0 Å². The predicted molar refractivity (Wildman–Crippen MR) is 83.2 cm³/mol. The minimum absolute atomic E-state index is 0.264. The molecule has 1 unspecified atom stereocenters. The Labute approximate surface area is 122 Å². The van der Waals surface area contributed by atoms with Gasteiger partial charge in [0.2, 0.25) is 0 Å². The van der Waals surface area contributed by atoms with Crippen molar-refractivity contribution in [2.24, 2.45) is 23.3 Å². The molecule has 0 aliphatic heterocycles. The van der Waals surface area contributed by atoms with Crippen LogP contribution in [0, 0.1) is 11.8 Å². The maximum absolute atomic E-state index is 12.2. The first-order chi connectivity index (χ1) is 9.32. The Kier molecular flexibility index (Phi) is 6.17. The van der Waals surface area contributed by atoms with Gasteiger partial charge >= 0.3 is 0 Å². The first-order valence-corrected chi connectivity index (χ1v) is 8.60. The third kappa shape index (κ3) is 4.04. The Bertz CT molecular complexity index is 522. The van der Waals surface area contributed by atoms with E-state index in [2.05, 4.69) is 6.92 Å². The fourth-order valence-corrected chi connectivity index (χ4v) is 3.35. The third-order valence-corrected chi connectivity index (χ3v) is 5.97. The fraction of sp³-hybridized carbons (Fsp3) is 0.600. The van der Waals surface area contributed by atoms with Crippen molar-refractivity contribution in [2.75, 3.05) is 13.1 Å². The van der Waals surface area contributed by atoms with Crippen LogP contribution in [0.15, 0.2) is 29.2 Å². The van der Waals surface area contributed by atoms with Crippen LogP contribution in [0.25, 0.3) is 0 Å². The van der Waals surface area contributed by atoms with Crippen LogP contribution in [0.5, 0.6) is 0 Å². The lowest BCUT2D eigenvalue weighted by Gasteiger charge is -2.21. The van der Waals surface area contributed by atoms with Crippen molar-refractivity contribution in [3.05, 3.63) is 29.8 Å². The highest BCUT2D eigenvalue weighted by Crippen LogP contribution is 2.21. The number of benzene rings is 1. The van der Waals surface area contributed by atoms with Crippen molar-refractivity contribution >= 4 is 9.84 Å². The van der Waals surface area contributed by atoms with Crippen molar-refractivity contribution < 1.29 is 8.42 Å². The minimum Gasteiger partial charge on any atom is -0.330 e. The van der Waals surface area contributed by atoms with Gasteiger partial charge in [-0.2, -0.15) is 0 Å². The Morgan fingerprint density at radius 3 is 2.20 bits per heavy atom. The van der Waals surface area contributed by atoms with E-state index < -0.39 is 15.1 Å². The fourth-order valence-electron chi connectivity index (χ4n) is 2.22. The molecule has 0 saturated carbocycles. The summed E-state index contributed by atoms with van der Waals surface area (Å²) in [5, 5.41) is -0.406. The largest absolute Gasteiger partial charge is 0.330 e. The molecule has 0 aromatic heterocycles. The standard InChI is InChI=1S/C15H26N2O2S/c1-11(2)20(18,19)15-6-4-5-13(8-15)7-12(3)14(9-16)10-17/h4-6,8,11-12,14H,7,9-10,16-17H2,1-3H3. The molecule has 4 N–H and O–H groups in total. The first kappa shape index (κ1) is 17.1. The molecule has 4 nitrogen and oxygen atoms in total. The summed E-state index contributed by atoms with van der Waals surface area (Å²) >= 11 is 0. The molecule has 1 rings (SSSR count). The Balaban J connectivity index is 2.95. The summed E-state index contributed by atoms with van der Waals surface area (Å²) in [6, 6.07) is 7.19. The number of hydrogen-bond acceptors (Lipinski definition) is 4. The summed E-state index contributed by atoms with van der Waals surface area (Å²) in [5.74, 6) is 0.599. The van der Waals surface area contributed by atoms with E-state index in [0.29, 0.717) is 23.9 Å². The van der Waals surface area contributed by atoms with E-state index in [0.717, 1.165) is 12.0 Å². The molecule has 0 bridgehead atoms. The number of rotatable bonds is 7. The Morgan fingerprint density at radius 1 is 1.10 bits per heavy atom.